The zero-order valence-corrected chi connectivity index (χ0v) is 16.2. The Morgan fingerprint density at radius 1 is 0.889 bits per heavy atom. The van der Waals surface area contributed by atoms with Gasteiger partial charge in [-0.05, 0) is 17.0 Å². The van der Waals surface area contributed by atoms with Crippen LogP contribution in [0.1, 0.15) is 0 Å². The lowest BCUT2D eigenvalue weighted by Crippen LogP contribution is -2.30. The van der Waals surface area contributed by atoms with Crippen molar-refractivity contribution in [2.45, 2.75) is 0 Å². The summed E-state index contributed by atoms with van der Waals surface area (Å²) in [7, 11) is 0. The van der Waals surface area contributed by atoms with Crippen molar-refractivity contribution >= 4 is 38.7 Å². The van der Waals surface area contributed by atoms with E-state index in [1.807, 2.05) is 40.6 Å². The van der Waals surface area contributed by atoms with Crippen LogP contribution in [0.3, 0.4) is 0 Å². The predicted molar refractivity (Wildman–Crippen MR) is 113 cm³/mol. The summed E-state index contributed by atoms with van der Waals surface area (Å²) in [4.78, 5) is 13.5. The van der Waals surface area contributed by atoms with Crippen molar-refractivity contribution in [3.8, 4) is 21.8 Å². The molecule has 0 aliphatic heterocycles. The van der Waals surface area contributed by atoms with Gasteiger partial charge in [-0.25, -0.2) is 9.97 Å². The summed E-state index contributed by atoms with van der Waals surface area (Å²) in [6, 6.07) is 14.1. The number of aliphatic hydroxyl groups is 2. The molecule has 0 atom stereocenters. The van der Waals surface area contributed by atoms with Gasteiger partial charge in [0.2, 0.25) is 0 Å². The molecule has 0 aliphatic carbocycles. The van der Waals surface area contributed by atoms with Crippen molar-refractivity contribution in [2.75, 3.05) is 31.2 Å². The lowest BCUT2D eigenvalue weighted by Gasteiger charge is -2.23. The third kappa shape index (κ3) is 3.59. The first-order valence-corrected chi connectivity index (χ1v) is 10.4. The molecule has 7 heteroatoms. The Balaban J connectivity index is 1.95. The molecule has 0 unspecified atom stereocenters. The molecule has 1 aromatic carbocycles. The van der Waals surface area contributed by atoms with Gasteiger partial charge in [0.25, 0.3) is 0 Å². The molecule has 4 aromatic rings. The Bertz CT molecular complexity index is 1010. The number of rotatable bonds is 7. The van der Waals surface area contributed by atoms with Crippen molar-refractivity contribution in [2.24, 2.45) is 0 Å². The fourth-order valence-corrected chi connectivity index (χ4v) is 4.66. The highest BCUT2D eigenvalue weighted by Crippen LogP contribution is 2.39. The number of anilines is 1. The van der Waals surface area contributed by atoms with Gasteiger partial charge < -0.3 is 15.1 Å². The molecule has 0 spiro atoms. The molecule has 0 radical (unpaired) electrons. The Morgan fingerprint density at radius 3 is 2.33 bits per heavy atom. The van der Waals surface area contributed by atoms with Crippen molar-refractivity contribution < 1.29 is 10.2 Å². The largest absolute Gasteiger partial charge is 0.395 e. The molecule has 0 saturated heterocycles. The molecule has 3 heterocycles. The van der Waals surface area contributed by atoms with E-state index in [0.717, 1.165) is 32.0 Å². The fourth-order valence-electron chi connectivity index (χ4n) is 3.06. The topological polar surface area (TPSA) is 69.5 Å². The molecule has 138 valence electrons. The molecule has 0 amide bonds. The highest BCUT2D eigenvalue weighted by Gasteiger charge is 2.20. The second-order valence-electron chi connectivity index (χ2n) is 5.98. The molecule has 3 aromatic heterocycles. The highest BCUT2D eigenvalue weighted by atomic mass is 32.1. The van der Waals surface area contributed by atoms with Crippen LogP contribution >= 0.6 is 22.7 Å². The van der Waals surface area contributed by atoms with Gasteiger partial charge in [-0.2, -0.15) is 0 Å². The number of benzene rings is 1. The monoisotopic (exact) mass is 397 g/mol. The molecule has 0 fully saturated rings. The SMILES string of the molecule is OCCN(CCO)c1nc(-c2cccs2)nc2scc(-c3ccccc3)c12. The number of aromatic nitrogens is 2. The van der Waals surface area contributed by atoms with Gasteiger partial charge >= 0.3 is 0 Å². The van der Waals surface area contributed by atoms with Crippen molar-refractivity contribution in [3.63, 3.8) is 0 Å². The van der Waals surface area contributed by atoms with E-state index in [1.54, 1.807) is 22.7 Å². The van der Waals surface area contributed by atoms with E-state index in [-0.39, 0.29) is 13.2 Å². The van der Waals surface area contributed by atoms with Crippen molar-refractivity contribution in [1.82, 2.24) is 9.97 Å². The third-order valence-corrected chi connectivity index (χ3v) is 6.02. The summed E-state index contributed by atoms with van der Waals surface area (Å²) in [5.74, 6) is 1.43. The molecule has 0 bridgehead atoms. The van der Waals surface area contributed by atoms with Crippen LogP contribution in [0.2, 0.25) is 0 Å². The number of hydrogen-bond donors (Lipinski definition) is 2. The van der Waals surface area contributed by atoms with Gasteiger partial charge in [-0.15, -0.1) is 22.7 Å². The quantitative estimate of drug-likeness (QED) is 0.495. The Morgan fingerprint density at radius 2 is 1.67 bits per heavy atom. The number of aliphatic hydroxyl groups excluding tert-OH is 2. The molecule has 2 N–H and O–H groups in total. The molecular weight excluding hydrogens is 378 g/mol. The van der Waals surface area contributed by atoms with Gasteiger partial charge in [0.1, 0.15) is 10.6 Å². The Labute approximate surface area is 165 Å². The molecule has 0 aliphatic rings. The van der Waals surface area contributed by atoms with Crippen LogP contribution in [0.25, 0.3) is 32.0 Å². The first-order valence-electron chi connectivity index (χ1n) is 8.67. The minimum Gasteiger partial charge on any atom is -0.395 e. The van der Waals surface area contributed by atoms with Gasteiger partial charge in [0.15, 0.2) is 5.82 Å². The lowest BCUT2D eigenvalue weighted by atomic mass is 10.1. The van der Waals surface area contributed by atoms with E-state index in [9.17, 15) is 10.2 Å². The molecular formula is C20H19N3O2S2. The van der Waals surface area contributed by atoms with Gasteiger partial charge in [0.05, 0.1) is 23.5 Å². The second-order valence-corrected chi connectivity index (χ2v) is 7.78. The fraction of sp³-hybridized carbons (Fsp3) is 0.200. The number of nitrogens with zero attached hydrogens (tertiary/aromatic N) is 3. The van der Waals surface area contributed by atoms with E-state index >= 15 is 0 Å². The van der Waals surface area contributed by atoms with Crippen LogP contribution in [0, 0.1) is 0 Å². The Hall–Kier alpha value is -2.32. The normalized spacial score (nSPS) is 11.2. The zero-order valence-electron chi connectivity index (χ0n) is 14.6. The average molecular weight is 398 g/mol. The average Bonchev–Trinajstić information content (AvgIpc) is 3.38. The minimum atomic E-state index is -0.00929. The van der Waals surface area contributed by atoms with E-state index in [2.05, 4.69) is 17.5 Å². The predicted octanol–water partition coefficient (Wildman–Crippen LogP) is 3.88. The number of thiophene rings is 2. The summed E-state index contributed by atoms with van der Waals surface area (Å²) in [6.45, 7) is 0.788. The van der Waals surface area contributed by atoms with Crippen molar-refractivity contribution in [3.05, 3.63) is 53.2 Å². The summed E-state index contributed by atoms with van der Waals surface area (Å²) >= 11 is 3.19. The first kappa shape index (κ1) is 18.1. The van der Waals surface area contributed by atoms with Gasteiger partial charge in [0, 0.05) is 24.0 Å². The van der Waals surface area contributed by atoms with Gasteiger partial charge in [-0.1, -0.05) is 36.4 Å². The van der Waals surface area contributed by atoms with Gasteiger partial charge in [-0.3, -0.25) is 0 Å². The maximum Gasteiger partial charge on any atom is 0.173 e. The second kappa shape index (κ2) is 8.14. The van der Waals surface area contributed by atoms with Crippen LogP contribution in [-0.2, 0) is 0 Å². The van der Waals surface area contributed by atoms with Crippen LogP contribution in [0.15, 0.2) is 53.2 Å². The number of hydrogen-bond acceptors (Lipinski definition) is 7. The van der Waals surface area contributed by atoms with E-state index in [0.29, 0.717) is 18.9 Å². The maximum absolute atomic E-state index is 9.52. The van der Waals surface area contributed by atoms with Crippen LogP contribution in [-0.4, -0.2) is 46.5 Å². The third-order valence-electron chi connectivity index (χ3n) is 4.28. The van der Waals surface area contributed by atoms with E-state index in [4.69, 9.17) is 9.97 Å². The summed E-state index contributed by atoms with van der Waals surface area (Å²) < 4.78 is 0. The summed E-state index contributed by atoms with van der Waals surface area (Å²) in [6.07, 6.45) is 0. The van der Waals surface area contributed by atoms with E-state index < -0.39 is 0 Å². The Kier molecular flexibility index (Phi) is 5.45. The standard InChI is InChI=1S/C20H19N3O2S2/c24-10-8-23(9-11-25)19-17-15(14-5-2-1-3-6-14)13-27-20(17)22-18(21-19)16-7-4-12-26-16/h1-7,12-13,24-25H,8-11H2. The summed E-state index contributed by atoms with van der Waals surface area (Å²) in [5.41, 5.74) is 2.18. The zero-order chi connectivity index (χ0) is 18.6. The maximum atomic E-state index is 9.52. The smallest absolute Gasteiger partial charge is 0.173 e. The molecule has 4 rings (SSSR count). The summed E-state index contributed by atoms with van der Waals surface area (Å²) in [5, 5.41) is 24.1. The number of fused-ring (bicyclic) bond motifs is 1. The van der Waals surface area contributed by atoms with Crippen LogP contribution in [0.5, 0.6) is 0 Å². The van der Waals surface area contributed by atoms with E-state index in [1.165, 1.54) is 0 Å². The van der Waals surface area contributed by atoms with Crippen LogP contribution in [0.4, 0.5) is 5.82 Å². The van der Waals surface area contributed by atoms with Crippen LogP contribution < -0.4 is 4.90 Å². The lowest BCUT2D eigenvalue weighted by molar-refractivity contribution is 0.281. The van der Waals surface area contributed by atoms with Crippen molar-refractivity contribution in [1.29, 1.82) is 0 Å². The molecule has 0 saturated carbocycles. The highest BCUT2D eigenvalue weighted by molar-refractivity contribution is 7.17. The molecule has 5 nitrogen and oxygen atoms in total. The minimum absolute atomic E-state index is 0.00929. The molecule has 27 heavy (non-hydrogen) atoms. The first-order chi connectivity index (χ1) is 13.3.